The van der Waals surface area contributed by atoms with Crippen LogP contribution in [0.25, 0.3) is 0 Å². The standard InChI is InChI=1S/C7H17NO5.C4H8O3/c1-8-2-4(10)6(12)7(13)5(11)3-9;5-3-1-2-4(6)7/h4-13H,2-3H2,1H3;5H,1-3H2,(H,6,7)/t4-,5+,6+,7+;/m0./s1. The molecule has 0 spiro atoms. The Morgan fingerprint density at radius 1 is 1.05 bits per heavy atom. The highest BCUT2D eigenvalue weighted by Crippen LogP contribution is 2.04. The van der Waals surface area contributed by atoms with Gasteiger partial charge in [0.15, 0.2) is 0 Å². The Morgan fingerprint density at radius 2 is 1.55 bits per heavy atom. The van der Waals surface area contributed by atoms with Crippen molar-refractivity contribution in [3.63, 3.8) is 0 Å². The number of aliphatic carboxylic acids is 1. The molecule has 0 aliphatic carbocycles. The lowest BCUT2D eigenvalue weighted by Gasteiger charge is -2.25. The van der Waals surface area contributed by atoms with Crippen LogP contribution in [-0.4, -0.2) is 92.9 Å². The van der Waals surface area contributed by atoms with Crippen LogP contribution in [0.2, 0.25) is 0 Å². The van der Waals surface area contributed by atoms with E-state index in [1.807, 2.05) is 0 Å². The maximum absolute atomic E-state index is 9.65. The van der Waals surface area contributed by atoms with E-state index >= 15 is 0 Å². The Kier molecular flexibility index (Phi) is 14.2. The van der Waals surface area contributed by atoms with Crippen molar-refractivity contribution in [3.05, 3.63) is 0 Å². The minimum absolute atomic E-state index is 0.0354. The van der Waals surface area contributed by atoms with Gasteiger partial charge in [0.1, 0.15) is 18.3 Å². The number of aliphatic hydroxyl groups excluding tert-OH is 6. The van der Waals surface area contributed by atoms with E-state index in [0.717, 1.165) is 0 Å². The Balaban J connectivity index is 0. The Morgan fingerprint density at radius 3 is 1.85 bits per heavy atom. The van der Waals surface area contributed by atoms with E-state index in [2.05, 4.69) is 5.32 Å². The first-order valence-electron chi connectivity index (χ1n) is 6.12. The topological polar surface area (TPSA) is 171 Å². The molecule has 20 heavy (non-hydrogen) atoms. The predicted octanol–water partition coefficient (Wildman–Crippen LogP) is -3.51. The van der Waals surface area contributed by atoms with E-state index in [1.54, 1.807) is 7.05 Å². The minimum atomic E-state index is -1.55. The summed E-state index contributed by atoms with van der Waals surface area (Å²) >= 11 is 0. The highest BCUT2D eigenvalue weighted by atomic mass is 16.4. The lowest BCUT2D eigenvalue weighted by molar-refractivity contribution is -0.137. The normalized spacial score (nSPS) is 16.6. The van der Waals surface area contributed by atoms with E-state index in [0.29, 0.717) is 6.42 Å². The molecule has 0 amide bonds. The van der Waals surface area contributed by atoms with Gasteiger partial charge < -0.3 is 41.1 Å². The first-order valence-corrected chi connectivity index (χ1v) is 6.12. The number of likely N-dealkylation sites (N-methyl/N-ethyl adjacent to an activating group) is 1. The monoisotopic (exact) mass is 299 g/mol. The van der Waals surface area contributed by atoms with Gasteiger partial charge in [0, 0.05) is 19.6 Å². The summed E-state index contributed by atoms with van der Waals surface area (Å²) < 4.78 is 0. The van der Waals surface area contributed by atoms with E-state index < -0.39 is 37.0 Å². The van der Waals surface area contributed by atoms with Crippen molar-refractivity contribution in [3.8, 4) is 0 Å². The van der Waals surface area contributed by atoms with Crippen LogP contribution in [0.3, 0.4) is 0 Å². The van der Waals surface area contributed by atoms with Crippen LogP contribution in [0, 0.1) is 0 Å². The fraction of sp³-hybridized carbons (Fsp3) is 0.909. The SMILES string of the molecule is CNC[C@H](O)[C@@H](O)[C@H](O)[C@H](O)CO.O=C(O)CCCO. The number of hydrogen-bond donors (Lipinski definition) is 8. The second-order valence-electron chi connectivity index (χ2n) is 4.08. The molecule has 0 fully saturated rings. The number of hydrogen-bond acceptors (Lipinski definition) is 8. The molecular weight excluding hydrogens is 274 g/mol. The molecule has 9 heteroatoms. The van der Waals surface area contributed by atoms with Gasteiger partial charge in [-0.1, -0.05) is 0 Å². The summed E-state index contributed by atoms with van der Waals surface area (Å²) in [6.45, 7) is -0.604. The molecule has 0 bridgehead atoms. The maximum atomic E-state index is 9.65. The average molecular weight is 299 g/mol. The highest BCUT2D eigenvalue weighted by Gasteiger charge is 2.29. The summed E-state index contributed by atoms with van der Waals surface area (Å²) in [5.41, 5.74) is 0. The fourth-order valence-corrected chi connectivity index (χ4v) is 1.12. The molecule has 9 nitrogen and oxygen atoms in total. The highest BCUT2D eigenvalue weighted by molar-refractivity contribution is 5.66. The van der Waals surface area contributed by atoms with Crippen molar-refractivity contribution in [2.45, 2.75) is 37.3 Å². The molecule has 0 aromatic carbocycles. The molecule has 4 atom stereocenters. The Hall–Kier alpha value is -0.810. The first-order chi connectivity index (χ1) is 9.31. The molecule has 8 N–H and O–H groups in total. The molecule has 122 valence electrons. The quantitative estimate of drug-likeness (QED) is 0.215. The second kappa shape index (κ2) is 13.2. The zero-order chi connectivity index (χ0) is 16.1. The molecule has 0 heterocycles. The Labute approximate surface area is 117 Å². The lowest BCUT2D eigenvalue weighted by atomic mass is 10.0. The van der Waals surface area contributed by atoms with E-state index in [4.69, 9.17) is 30.6 Å². The van der Waals surface area contributed by atoms with Gasteiger partial charge >= 0.3 is 5.97 Å². The van der Waals surface area contributed by atoms with Crippen LogP contribution in [0.4, 0.5) is 0 Å². The molecule has 0 aliphatic heterocycles. The molecule has 0 rings (SSSR count). The Bertz CT molecular complexity index is 240. The van der Waals surface area contributed by atoms with Crippen molar-refractivity contribution in [1.29, 1.82) is 0 Å². The molecule has 0 unspecified atom stereocenters. The van der Waals surface area contributed by atoms with Crippen LogP contribution in [0.15, 0.2) is 0 Å². The van der Waals surface area contributed by atoms with Crippen LogP contribution in [0.5, 0.6) is 0 Å². The number of aliphatic hydroxyl groups is 6. The van der Waals surface area contributed by atoms with Gasteiger partial charge in [-0.05, 0) is 13.5 Å². The van der Waals surface area contributed by atoms with E-state index in [1.165, 1.54) is 0 Å². The molecular formula is C11H25NO8. The summed E-state index contributed by atoms with van der Waals surface area (Å²) in [5.74, 6) is -0.853. The number of nitrogens with one attached hydrogen (secondary N) is 1. The van der Waals surface area contributed by atoms with Crippen LogP contribution >= 0.6 is 0 Å². The second-order valence-corrected chi connectivity index (χ2v) is 4.08. The zero-order valence-electron chi connectivity index (χ0n) is 11.4. The smallest absolute Gasteiger partial charge is 0.303 e. The third-order valence-electron chi connectivity index (χ3n) is 2.29. The van der Waals surface area contributed by atoms with Gasteiger partial charge in [-0.2, -0.15) is 0 Å². The third kappa shape index (κ3) is 11.1. The summed E-state index contributed by atoms with van der Waals surface area (Å²) in [6, 6.07) is 0. The van der Waals surface area contributed by atoms with Crippen LogP contribution in [-0.2, 0) is 4.79 Å². The van der Waals surface area contributed by atoms with Gasteiger partial charge in [-0.25, -0.2) is 0 Å². The van der Waals surface area contributed by atoms with Gasteiger partial charge in [0.25, 0.3) is 0 Å². The summed E-state index contributed by atoms with van der Waals surface area (Å²) in [5, 5.41) is 63.5. The molecule has 0 aromatic rings. The number of carboxylic acids is 1. The van der Waals surface area contributed by atoms with Gasteiger partial charge in [-0.3, -0.25) is 4.79 Å². The van der Waals surface area contributed by atoms with Crippen molar-refractivity contribution in [2.75, 3.05) is 26.8 Å². The summed E-state index contributed by atoms with van der Waals surface area (Å²) in [6.07, 6.45) is -5.23. The largest absolute Gasteiger partial charge is 0.481 e. The van der Waals surface area contributed by atoms with Crippen molar-refractivity contribution < 1.29 is 40.5 Å². The van der Waals surface area contributed by atoms with Gasteiger partial charge in [0.05, 0.1) is 12.7 Å². The van der Waals surface area contributed by atoms with Crippen LogP contribution < -0.4 is 5.32 Å². The first kappa shape index (κ1) is 21.5. The molecule has 0 radical (unpaired) electrons. The molecule has 0 aromatic heterocycles. The number of carboxylic acid groups (broad SMARTS) is 1. The number of carbonyl (C=O) groups is 1. The van der Waals surface area contributed by atoms with Crippen LogP contribution in [0.1, 0.15) is 12.8 Å². The molecule has 0 saturated carbocycles. The fourth-order valence-electron chi connectivity index (χ4n) is 1.12. The van der Waals surface area contributed by atoms with Gasteiger partial charge in [0.2, 0.25) is 0 Å². The lowest BCUT2D eigenvalue weighted by Crippen LogP contribution is -2.48. The molecule has 0 aliphatic rings. The van der Waals surface area contributed by atoms with Crippen molar-refractivity contribution in [1.82, 2.24) is 5.32 Å². The summed E-state index contributed by atoms with van der Waals surface area (Å²) in [4.78, 5) is 9.65. The van der Waals surface area contributed by atoms with Gasteiger partial charge in [-0.15, -0.1) is 0 Å². The zero-order valence-corrected chi connectivity index (χ0v) is 11.4. The van der Waals surface area contributed by atoms with E-state index in [-0.39, 0.29) is 19.6 Å². The average Bonchev–Trinajstić information content (AvgIpc) is 2.43. The predicted molar refractivity (Wildman–Crippen MR) is 69.0 cm³/mol. The third-order valence-corrected chi connectivity index (χ3v) is 2.29. The van der Waals surface area contributed by atoms with Crippen molar-refractivity contribution in [2.24, 2.45) is 0 Å². The van der Waals surface area contributed by atoms with E-state index in [9.17, 15) is 9.90 Å². The maximum Gasteiger partial charge on any atom is 0.303 e. The number of rotatable bonds is 9. The summed E-state index contributed by atoms with van der Waals surface area (Å²) in [7, 11) is 1.57. The minimum Gasteiger partial charge on any atom is -0.481 e. The molecule has 0 saturated heterocycles. The van der Waals surface area contributed by atoms with Crippen molar-refractivity contribution >= 4 is 5.97 Å².